The number of rotatable bonds is 3. The van der Waals surface area contributed by atoms with Crippen molar-refractivity contribution >= 4 is 11.8 Å². The molecule has 0 saturated carbocycles. The Morgan fingerprint density at radius 3 is 2.94 bits per heavy atom. The second kappa shape index (κ2) is 3.75. The van der Waals surface area contributed by atoms with Crippen molar-refractivity contribution < 1.29 is 9.53 Å². The number of esters is 1. The van der Waals surface area contributed by atoms with Gasteiger partial charge < -0.3 is 10.2 Å². The predicted octanol–water partition coefficient (Wildman–Crippen LogP) is 1.42. The number of nitrogens with zero attached hydrogens (tertiary/aromatic N) is 1. The van der Waals surface area contributed by atoms with E-state index in [2.05, 4.69) is 15.8 Å². The molecular formula is C11H15N3O2. The van der Waals surface area contributed by atoms with Gasteiger partial charge >= 0.3 is 5.97 Å². The van der Waals surface area contributed by atoms with E-state index in [1.165, 1.54) is 0 Å². The lowest BCUT2D eigenvalue weighted by Gasteiger charge is -2.21. The first-order chi connectivity index (χ1) is 7.62. The maximum Gasteiger partial charge on any atom is 0.343 e. The minimum Gasteiger partial charge on any atom is -0.451 e. The molecule has 0 aromatic carbocycles. The van der Waals surface area contributed by atoms with Crippen molar-refractivity contribution in [2.24, 2.45) is 0 Å². The summed E-state index contributed by atoms with van der Waals surface area (Å²) in [6.45, 7) is 3.91. The Morgan fingerprint density at radius 2 is 2.31 bits per heavy atom. The van der Waals surface area contributed by atoms with Crippen LogP contribution in [0.15, 0.2) is 12.3 Å². The van der Waals surface area contributed by atoms with Gasteiger partial charge in [0.25, 0.3) is 0 Å². The third-order valence-electron chi connectivity index (χ3n) is 2.96. The van der Waals surface area contributed by atoms with E-state index in [9.17, 15) is 4.79 Å². The van der Waals surface area contributed by atoms with E-state index < -0.39 is 5.60 Å². The fraction of sp³-hybridized carbons (Fsp3) is 0.455. The molecule has 1 unspecified atom stereocenters. The molecule has 0 amide bonds. The molecule has 1 aliphatic rings. The number of aromatic nitrogens is 1. The molecule has 0 fully saturated rings. The second-order valence-electron chi connectivity index (χ2n) is 3.93. The van der Waals surface area contributed by atoms with Crippen LogP contribution < -0.4 is 10.9 Å². The summed E-state index contributed by atoms with van der Waals surface area (Å²) in [5, 5.41) is 0. The maximum absolute atomic E-state index is 11.8. The van der Waals surface area contributed by atoms with Crippen molar-refractivity contribution in [1.29, 1.82) is 0 Å². The van der Waals surface area contributed by atoms with Gasteiger partial charge in [0, 0.05) is 18.8 Å². The number of ether oxygens (including phenoxy) is 1. The van der Waals surface area contributed by atoms with Gasteiger partial charge in [-0.2, -0.15) is 0 Å². The zero-order chi connectivity index (χ0) is 11.8. The molecule has 0 bridgehead atoms. The average Bonchev–Trinajstić information content (AvgIpc) is 2.54. The molecule has 2 N–H and O–H groups in total. The normalized spacial score (nSPS) is 22.8. The summed E-state index contributed by atoms with van der Waals surface area (Å²) >= 11 is 0. The Balaban J connectivity index is 2.55. The summed E-state index contributed by atoms with van der Waals surface area (Å²) in [5.41, 5.74) is 6.49. The molecule has 2 heterocycles. The highest BCUT2D eigenvalue weighted by molar-refractivity contribution is 5.99. The summed E-state index contributed by atoms with van der Waals surface area (Å²) in [4.78, 5) is 15.9. The van der Waals surface area contributed by atoms with E-state index in [1.807, 2.05) is 19.9 Å². The third-order valence-corrected chi connectivity index (χ3v) is 2.96. The summed E-state index contributed by atoms with van der Waals surface area (Å²) in [6, 6.07) is 1.84. The Kier molecular flexibility index (Phi) is 2.55. The number of anilines is 1. The minimum atomic E-state index is -0.528. The SMILES string of the molecule is CCC1(C)OC(=O)c2c1ccnc2NNC. The third kappa shape index (κ3) is 1.44. The van der Waals surface area contributed by atoms with Crippen molar-refractivity contribution in [3.05, 3.63) is 23.4 Å². The zero-order valence-corrected chi connectivity index (χ0v) is 9.63. The molecule has 5 heteroatoms. The Hall–Kier alpha value is -1.62. The topological polar surface area (TPSA) is 63.2 Å². The number of carbonyl (C=O) groups excluding carboxylic acids is 1. The lowest BCUT2D eigenvalue weighted by atomic mass is 9.93. The molecular weight excluding hydrogens is 206 g/mol. The van der Waals surface area contributed by atoms with Crippen LogP contribution in [-0.2, 0) is 10.3 Å². The summed E-state index contributed by atoms with van der Waals surface area (Å²) in [7, 11) is 1.72. The summed E-state index contributed by atoms with van der Waals surface area (Å²) in [6.07, 6.45) is 2.42. The van der Waals surface area contributed by atoms with Gasteiger partial charge in [0.15, 0.2) is 5.82 Å². The van der Waals surface area contributed by atoms with Crippen molar-refractivity contribution in [2.45, 2.75) is 25.9 Å². The van der Waals surface area contributed by atoms with E-state index in [0.717, 1.165) is 12.0 Å². The lowest BCUT2D eigenvalue weighted by molar-refractivity contribution is -0.000740. The van der Waals surface area contributed by atoms with Crippen LogP contribution in [0.25, 0.3) is 0 Å². The van der Waals surface area contributed by atoms with Crippen LogP contribution in [-0.4, -0.2) is 18.0 Å². The number of fused-ring (bicyclic) bond motifs is 1. The van der Waals surface area contributed by atoms with Crippen LogP contribution in [0.3, 0.4) is 0 Å². The minimum absolute atomic E-state index is 0.315. The van der Waals surface area contributed by atoms with E-state index >= 15 is 0 Å². The molecule has 0 radical (unpaired) electrons. The van der Waals surface area contributed by atoms with Crippen LogP contribution in [0.4, 0.5) is 5.82 Å². The summed E-state index contributed by atoms with van der Waals surface area (Å²) in [5.74, 6) is 0.201. The van der Waals surface area contributed by atoms with Gasteiger partial charge in [0.05, 0.1) is 0 Å². The van der Waals surface area contributed by atoms with Crippen molar-refractivity contribution in [3.8, 4) is 0 Å². The zero-order valence-electron chi connectivity index (χ0n) is 9.63. The van der Waals surface area contributed by atoms with Crippen LogP contribution in [0.2, 0.25) is 0 Å². The number of carbonyl (C=O) groups is 1. The molecule has 0 spiro atoms. The molecule has 1 aromatic rings. The number of hydrazine groups is 1. The quantitative estimate of drug-likeness (QED) is 0.597. The molecule has 1 atom stereocenters. The number of hydrogen-bond donors (Lipinski definition) is 2. The molecule has 2 rings (SSSR count). The van der Waals surface area contributed by atoms with Crippen molar-refractivity contribution in [1.82, 2.24) is 10.4 Å². The van der Waals surface area contributed by atoms with Crippen LogP contribution in [0.5, 0.6) is 0 Å². The van der Waals surface area contributed by atoms with E-state index in [-0.39, 0.29) is 5.97 Å². The number of pyridine rings is 1. The molecule has 5 nitrogen and oxygen atoms in total. The average molecular weight is 221 g/mol. The van der Waals surface area contributed by atoms with Crippen molar-refractivity contribution in [3.63, 3.8) is 0 Å². The highest BCUT2D eigenvalue weighted by atomic mass is 16.6. The fourth-order valence-corrected chi connectivity index (χ4v) is 1.90. The molecule has 86 valence electrons. The Morgan fingerprint density at radius 1 is 1.56 bits per heavy atom. The van der Waals surface area contributed by atoms with Gasteiger partial charge in [0.2, 0.25) is 0 Å². The van der Waals surface area contributed by atoms with Gasteiger partial charge in [-0.25, -0.2) is 15.2 Å². The highest BCUT2D eigenvalue weighted by Gasteiger charge is 2.42. The van der Waals surface area contributed by atoms with Gasteiger partial charge in [-0.05, 0) is 19.4 Å². The van der Waals surface area contributed by atoms with E-state index in [4.69, 9.17) is 4.74 Å². The van der Waals surface area contributed by atoms with E-state index in [1.54, 1.807) is 13.2 Å². The van der Waals surface area contributed by atoms with Gasteiger partial charge in [-0.1, -0.05) is 6.92 Å². The van der Waals surface area contributed by atoms with Gasteiger partial charge in [-0.3, -0.25) is 0 Å². The summed E-state index contributed by atoms with van der Waals surface area (Å²) < 4.78 is 5.41. The first-order valence-electron chi connectivity index (χ1n) is 5.28. The predicted molar refractivity (Wildman–Crippen MR) is 60.0 cm³/mol. The number of cyclic esters (lactones) is 1. The van der Waals surface area contributed by atoms with Crippen molar-refractivity contribution in [2.75, 3.05) is 12.5 Å². The Labute approximate surface area is 94.2 Å². The monoisotopic (exact) mass is 221 g/mol. The highest BCUT2D eigenvalue weighted by Crippen LogP contribution is 2.40. The van der Waals surface area contributed by atoms with E-state index in [0.29, 0.717) is 11.4 Å². The van der Waals surface area contributed by atoms with Gasteiger partial charge in [-0.15, -0.1) is 0 Å². The lowest BCUT2D eigenvalue weighted by Crippen LogP contribution is -2.20. The largest absolute Gasteiger partial charge is 0.451 e. The number of nitrogens with one attached hydrogen (secondary N) is 2. The van der Waals surface area contributed by atoms with Crippen LogP contribution >= 0.6 is 0 Å². The Bertz CT molecular complexity index is 433. The first kappa shape index (κ1) is 10.9. The molecule has 0 aliphatic carbocycles. The fourth-order valence-electron chi connectivity index (χ4n) is 1.90. The molecule has 16 heavy (non-hydrogen) atoms. The van der Waals surface area contributed by atoms with Crippen LogP contribution in [0, 0.1) is 0 Å². The molecule has 1 aromatic heterocycles. The van der Waals surface area contributed by atoms with Gasteiger partial charge in [0.1, 0.15) is 11.2 Å². The first-order valence-corrected chi connectivity index (χ1v) is 5.28. The standard InChI is InChI=1S/C11H15N3O2/c1-4-11(2)7-5-6-13-9(14-12-3)8(7)10(15)16-11/h5-6,12H,4H2,1-3H3,(H,13,14). The molecule has 0 saturated heterocycles. The second-order valence-corrected chi connectivity index (χ2v) is 3.93. The number of hydrogen-bond acceptors (Lipinski definition) is 5. The van der Waals surface area contributed by atoms with Crippen LogP contribution in [0.1, 0.15) is 36.2 Å². The molecule has 1 aliphatic heterocycles. The smallest absolute Gasteiger partial charge is 0.343 e. The maximum atomic E-state index is 11.8.